The van der Waals surface area contributed by atoms with E-state index in [4.69, 9.17) is 0 Å². The molecule has 1 fully saturated rings. The number of aryl methyl sites for hydroxylation is 1. The molecule has 0 radical (unpaired) electrons. The zero-order chi connectivity index (χ0) is 22.2. The molecule has 164 valence electrons. The van der Waals surface area contributed by atoms with Crippen molar-refractivity contribution < 1.29 is 13.2 Å². The molecular weight excluding hydrogens is 434 g/mol. The minimum absolute atomic E-state index is 0.0756. The average molecular weight is 460 g/mol. The van der Waals surface area contributed by atoms with Gasteiger partial charge in [-0.15, -0.1) is 0 Å². The SMILES string of the molecule is Cc1ccc(N2CCN(C(=O)CN(C)S(=O)(=O)c3cccc4nsnc34)CC2C)cc1. The number of carbonyl (C=O) groups is 1. The van der Waals surface area contributed by atoms with Crippen molar-refractivity contribution >= 4 is 44.4 Å². The summed E-state index contributed by atoms with van der Waals surface area (Å²) in [6.07, 6.45) is 0. The predicted molar refractivity (Wildman–Crippen MR) is 122 cm³/mol. The summed E-state index contributed by atoms with van der Waals surface area (Å²) < 4.78 is 35.5. The van der Waals surface area contributed by atoms with E-state index in [1.54, 1.807) is 17.0 Å². The van der Waals surface area contributed by atoms with Crippen LogP contribution in [0.5, 0.6) is 0 Å². The standard InChI is InChI=1S/C21H25N5O3S2/c1-15-7-9-17(10-8-15)26-12-11-25(13-16(26)2)20(27)14-24(3)31(28,29)19-6-4-5-18-21(19)23-30-22-18/h4-10,16H,11-14H2,1-3H3. The molecule has 10 heteroatoms. The van der Waals surface area contributed by atoms with E-state index in [1.807, 2.05) is 0 Å². The molecule has 0 bridgehead atoms. The Bertz CT molecular complexity index is 1190. The number of piperazine rings is 1. The van der Waals surface area contributed by atoms with E-state index in [0.717, 1.165) is 21.7 Å². The van der Waals surface area contributed by atoms with Gasteiger partial charge in [0.2, 0.25) is 15.9 Å². The molecule has 1 aliphatic rings. The molecule has 0 spiro atoms. The predicted octanol–water partition coefficient (Wildman–Crippen LogP) is 2.36. The quantitative estimate of drug-likeness (QED) is 0.582. The van der Waals surface area contributed by atoms with Crippen molar-refractivity contribution in [1.82, 2.24) is 18.0 Å². The molecule has 1 aliphatic heterocycles. The normalized spacial score (nSPS) is 17.5. The highest BCUT2D eigenvalue weighted by molar-refractivity contribution is 7.89. The van der Waals surface area contributed by atoms with E-state index < -0.39 is 10.0 Å². The van der Waals surface area contributed by atoms with E-state index >= 15 is 0 Å². The molecule has 1 unspecified atom stereocenters. The summed E-state index contributed by atoms with van der Waals surface area (Å²) in [5.74, 6) is -0.204. The van der Waals surface area contributed by atoms with Crippen LogP contribution in [0.4, 0.5) is 5.69 Å². The molecule has 2 aromatic carbocycles. The monoisotopic (exact) mass is 459 g/mol. The van der Waals surface area contributed by atoms with Crippen LogP contribution in [0.25, 0.3) is 11.0 Å². The van der Waals surface area contributed by atoms with Gasteiger partial charge in [0.15, 0.2) is 0 Å². The van der Waals surface area contributed by atoms with Gasteiger partial charge in [0.25, 0.3) is 0 Å². The van der Waals surface area contributed by atoms with E-state index in [9.17, 15) is 13.2 Å². The van der Waals surface area contributed by atoms with Crippen LogP contribution >= 0.6 is 11.7 Å². The zero-order valence-electron chi connectivity index (χ0n) is 17.7. The minimum atomic E-state index is -3.86. The first-order chi connectivity index (χ1) is 14.8. The second kappa shape index (κ2) is 8.52. The smallest absolute Gasteiger partial charge is 0.245 e. The van der Waals surface area contributed by atoms with Crippen LogP contribution < -0.4 is 4.90 Å². The van der Waals surface area contributed by atoms with Crippen LogP contribution in [0.3, 0.4) is 0 Å². The zero-order valence-corrected chi connectivity index (χ0v) is 19.4. The Morgan fingerprint density at radius 2 is 1.90 bits per heavy atom. The third kappa shape index (κ3) is 4.28. The lowest BCUT2D eigenvalue weighted by atomic mass is 10.1. The summed E-state index contributed by atoms with van der Waals surface area (Å²) in [6.45, 7) is 5.72. The van der Waals surface area contributed by atoms with Crippen molar-refractivity contribution in [2.75, 3.05) is 38.1 Å². The number of fused-ring (bicyclic) bond motifs is 1. The minimum Gasteiger partial charge on any atom is -0.365 e. The van der Waals surface area contributed by atoms with Crippen molar-refractivity contribution in [2.24, 2.45) is 0 Å². The highest BCUT2D eigenvalue weighted by atomic mass is 32.2. The third-order valence-corrected chi connectivity index (χ3v) is 8.02. The Hall–Kier alpha value is -2.56. The number of likely N-dealkylation sites (N-methyl/N-ethyl adjacent to an activating group) is 1. The lowest BCUT2D eigenvalue weighted by Gasteiger charge is -2.41. The van der Waals surface area contributed by atoms with Crippen LogP contribution in [0.1, 0.15) is 12.5 Å². The average Bonchev–Trinajstić information content (AvgIpc) is 3.23. The Kier molecular flexibility index (Phi) is 5.96. The molecule has 1 atom stereocenters. The second-order valence-electron chi connectivity index (χ2n) is 7.87. The van der Waals surface area contributed by atoms with Gasteiger partial charge in [0.05, 0.1) is 18.3 Å². The highest BCUT2D eigenvalue weighted by Crippen LogP contribution is 2.24. The summed E-state index contributed by atoms with van der Waals surface area (Å²) in [5, 5.41) is 0. The first-order valence-electron chi connectivity index (χ1n) is 10.1. The summed E-state index contributed by atoms with van der Waals surface area (Å²) >= 11 is 0.968. The van der Waals surface area contributed by atoms with Gasteiger partial charge in [-0.05, 0) is 38.1 Å². The molecule has 1 amide bonds. The van der Waals surface area contributed by atoms with Gasteiger partial charge < -0.3 is 9.80 Å². The van der Waals surface area contributed by atoms with Crippen molar-refractivity contribution in [2.45, 2.75) is 24.8 Å². The highest BCUT2D eigenvalue weighted by Gasteiger charge is 2.31. The summed E-state index contributed by atoms with van der Waals surface area (Å²) in [6, 6.07) is 13.3. The molecule has 2 heterocycles. The van der Waals surface area contributed by atoms with Gasteiger partial charge >= 0.3 is 0 Å². The maximum Gasteiger partial charge on any atom is 0.245 e. The van der Waals surface area contributed by atoms with Crippen molar-refractivity contribution in [1.29, 1.82) is 0 Å². The van der Waals surface area contributed by atoms with Gasteiger partial charge in [-0.1, -0.05) is 23.8 Å². The van der Waals surface area contributed by atoms with E-state index in [2.05, 4.69) is 51.8 Å². The Labute approximate surface area is 186 Å². The van der Waals surface area contributed by atoms with Crippen LogP contribution in [0, 0.1) is 6.92 Å². The van der Waals surface area contributed by atoms with Crippen molar-refractivity contribution in [3.63, 3.8) is 0 Å². The van der Waals surface area contributed by atoms with Crippen molar-refractivity contribution in [3.05, 3.63) is 48.0 Å². The molecule has 1 aromatic heterocycles. The Morgan fingerprint density at radius 3 is 2.61 bits per heavy atom. The molecule has 4 rings (SSSR count). The molecule has 0 aliphatic carbocycles. The number of rotatable bonds is 5. The second-order valence-corrected chi connectivity index (χ2v) is 10.4. The molecule has 0 saturated carbocycles. The fourth-order valence-corrected chi connectivity index (χ4v) is 5.71. The van der Waals surface area contributed by atoms with Gasteiger partial charge in [-0.3, -0.25) is 4.79 Å². The first-order valence-corrected chi connectivity index (χ1v) is 12.2. The number of sulfonamides is 1. The summed E-state index contributed by atoms with van der Waals surface area (Å²) in [4.78, 5) is 17.0. The molecular formula is C21H25N5O3S2. The number of anilines is 1. The molecule has 3 aromatic rings. The molecule has 8 nitrogen and oxygen atoms in total. The largest absolute Gasteiger partial charge is 0.365 e. The van der Waals surface area contributed by atoms with Gasteiger partial charge in [-0.25, -0.2) is 8.42 Å². The van der Waals surface area contributed by atoms with E-state index in [-0.39, 0.29) is 23.4 Å². The molecule has 1 saturated heterocycles. The van der Waals surface area contributed by atoms with Gasteiger partial charge in [0.1, 0.15) is 15.9 Å². The summed E-state index contributed by atoms with van der Waals surface area (Å²) in [7, 11) is -2.43. The number of benzene rings is 2. The lowest BCUT2D eigenvalue weighted by Crippen LogP contribution is -2.55. The topological polar surface area (TPSA) is 86.7 Å². The van der Waals surface area contributed by atoms with Crippen LogP contribution in [-0.2, 0) is 14.8 Å². The number of hydrogen-bond donors (Lipinski definition) is 0. The maximum absolute atomic E-state index is 13.1. The fourth-order valence-electron chi connectivity index (χ4n) is 3.84. The first kappa shape index (κ1) is 21.7. The fraction of sp³-hybridized carbons (Fsp3) is 0.381. The van der Waals surface area contributed by atoms with E-state index in [0.29, 0.717) is 30.7 Å². The number of carbonyl (C=O) groups excluding carboxylic acids is 1. The Morgan fingerprint density at radius 1 is 1.16 bits per heavy atom. The number of aromatic nitrogens is 2. The van der Waals surface area contributed by atoms with E-state index in [1.165, 1.54) is 18.7 Å². The van der Waals surface area contributed by atoms with Crippen LogP contribution in [0.15, 0.2) is 47.4 Å². The maximum atomic E-state index is 13.1. The van der Waals surface area contributed by atoms with Gasteiger partial charge in [-0.2, -0.15) is 13.1 Å². The number of nitrogens with zero attached hydrogens (tertiary/aromatic N) is 5. The third-order valence-electron chi connectivity index (χ3n) is 5.64. The lowest BCUT2D eigenvalue weighted by molar-refractivity contribution is -0.131. The van der Waals surface area contributed by atoms with Crippen molar-refractivity contribution in [3.8, 4) is 0 Å². The van der Waals surface area contributed by atoms with Crippen LogP contribution in [0.2, 0.25) is 0 Å². The Balaban J connectivity index is 1.43. The molecule has 0 N–H and O–H groups in total. The molecule has 31 heavy (non-hydrogen) atoms. The number of amides is 1. The number of hydrogen-bond acceptors (Lipinski definition) is 7. The van der Waals surface area contributed by atoms with Crippen LogP contribution in [-0.4, -0.2) is 71.5 Å². The van der Waals surface area contributed by atoms with Gasteiger partial charge in [0, 0.05) is 38.4 Å². The summed E-state index contributed by atoms with van der Waals surface area (Å²) in [5.41, 5.74) is 3.22.